The third-order valence-corrected chi connectivity index (χ3v) is 1.77. The molecule has 0 saturated carbocycles. The maximum absolute atomic E-state index is 12.5. The molecular formula is C9H5F2N3O. The lowest BCUT2D eigenvalue weighted by molar-refractivity contribution is 0.150. The molecule has 1 rings (SSSR count). The van der Waals surface area contributed by atoms with Crippen molar-refractivity contribution in [3.63, 3.8) is 0 Å². The van der Waals surface area contributed by atoms with Crippen LogP contribution in [0.2, 0.25) is 0 Å². The number of nitrogens with zero attached hydrogens (tertiary/aromatic N) is 2. The molecule has 0 aliphatic heterocycles. The third kappa shape index (κ3) is 2.18. The quantitative estimate of drug-likeness (QED) is 0.795. The summed E-state index contributed by atoms with van der Waals surface area (Å²) in [5, 5.41) is 16.8. The van der Waals surface area contributed by atoms with Gasteiger partial charge in [-0.05, 0) is 6.07 Å². The Morgan fingerprint density at radius 3 is 2.60 bits per heavy atom. The Labute approximate surface area is 83.4 Å². The van der Waals surface area contributed by atoms with Crippen LogP contribution in [0.3, 0.4) is 0 Å². The third-order valence-electron chi connectivity index (χ3n) is 1.77. The van der Waals surface area contributed by atoms with Gasteiger partial charge in [-0.3, -0.25) is 4.79 Å². The Bertz CT molecular complexity index is 508. The Kier molecular flexibility index (Phi) is 3.14. The largest absolute Gasteiger partial charge is 0.324 e. The van der Waals surface area contributed by atoms with Crippen LogP contribution in [-0.4, -0.2) is 4.98 Å². The number of H-pyrrole nitrogens is 1. The summed E-state index contributed by atoms with van der Waals surface area (Å²) in [6.07, 6.45) is -3.14. The van der Waals surface area contributed by atoms with Gasteiger partial charge in [-0.2, -0.15) is 10.5 Å². The molecule has 0 unspecified atom stereocenters. The summed E-state index contributed by atoms with van der Waals surface area (Å²) in [5.41, 5.74) is -1.76. The molecule has 6 heteroatoms. The second kappa shape index (κ2) is 4.34. The Balaban J connectivity index is 3.42. The molecule has 0 aromatic carbocycles. The zero-order valence-electron chi connectivity index (χ0n) is 7.42. The predicted octanol–water partition coefficient (Wildman–Crippen LogP) is 1.25. The first-order chi connectivity index (χ1) is 7.10. The lowest BCUT2D eigenvalue weighted by Gasteiger charge is -2.05. The molecule has 0 bridgehead atoms. The lowest BCUT2D eigenvalue weighted by atomic mass is 10.1. The van der Waals surface area contributed by atoms with E-state index in [4.69, 9.17) is 10.5 Å². The van der Waals surface area contributed by atoms with Gasteiger partial charge in [-0.25, -0.2) is 8.78 Å². The van der Waals surface area contributed by atoms with Crippen LogP contribution in [0.15, 0.2) is 10.9 Å². The molecule has 0 atom stereocenters. The maximum atomic E-state index is 12.5. The second-order valence-electron chi connectivity index (χ2n) is 2.69. The van der Waals surface area contributed by atoms with Crippen molar-refractivity contribution in [2.24, 2.45) is 0 Å². The Morgan fingerprint density at radius 1 is 1.47 bits per heavy atom. The molecule has 0 aliphatic carbocycles. The van der Waals surface area contributed by atoms with Crippen molar-refractivity contribution in [1.82, 2.24) is 4.98 Å². The molecule has 0 amide bonds. The molecule has 1 aromatic rings. The summed E-state index contributed by atoms with van der Waals surface area (Å²) in [7, 11) is 0. The summed E-state index contributed by atoms with van der Waals surface area (Å²) in [5.74, 6) is 0. The van der Waals surface area contributed by atoms with Crippen molar-refractivity contribution in [2.45, 2.75) is 12.8 Å². The minimum atomic E-state index is -2.82. The van der Waals surface area contributed by atoms with Gasteiger partial charge < -0.3 is 4.98 Å². The number of hydrogen-bond donors (Lipinski definition) is 1. The number of aromatic amines is 1. The predicted molar refractivity (Wildman–Crippen MR) is 46.1 cm³/mol. The van der Waals surface area contributed by atoms with Crippen LogP contribution in [0, 0.1) is 22.7 Å². The number of aromatic nitrogens is 1. The summed E-state index contributed by atoms with van der Waals surface area (Å²) in [6.45, 7) is 0. The van der Waals surface area contributed by atoms with Crippen molar-refractivity contribution in [1.29, 1.82) is 10.5 Å². The molecule has 4 nitrogen and oxygen atoms in total. The number of rotatable bonds is 2. The number of pyridine rings is 1. The van der Waals surface area contributed by atoms with Gasteiger partial charge >= 0.3 is 0 Å². The molecule has 0 aliphatic rings. The summed E-state index contributed by atoms with van der Waals surface area (Å²) >= 11 is 0. The molecule has 15 heavy (non-hydrogen) atoms. The van der Waals surface area contributed by atoms with Crippen LogP contribution in [0.1, 0.15) is 23.2 Å². The SMILES string of the molecule is N#CCc1[nH]c(=O)c(C#N)cc1C(F)F. The fourth-order valence-electron chi connectivity index (χ4n) is 1.09. The lowest BCUT2D eigenvalue weighted by Crippen LogP contribution is -2.15. The molecular weight excluding hydrogens is 204 g/mol. The highest BCUT2D eigenvalue weighted by Gasteiger charge is 2.16. The highest BCUT2D eigenvalue weighted by molar-refractivity contribution is 5.34. The number of nitriles is 2. The fourth-order valence-corrected chi connectivity index (χ4v) is 1.09. The van der Waals surface area contributed by atoms with Crippen LogP contribution >= 0.6 is 0 Å². The van der Waals surface area contributed by atoms with Crippen molar-refractivity contribution >= 4 is 0 Å². The van der Waals surface area contributed by atoms with Crippen molar-refractivity contribution in [3.05, 3.63) is 33.2 Å². The van der Waals surface area contributed by atoms with Crippen LogP contribution < -0.4 is 5.56 Å². The van der Waals surface area contributed by atoms with Crippen molar-refractivity contribution in [3.8, 4) is 12.1 Å². The van der Waals surface area contributed by atoms with Gasteiger partial charge in [0.25, 0.3) is 12.0 Å². The average molecular weight is 209 g/mol. The number of nitrogens with one attached hydrogen (secondary N) is 1. The molecule has 0 spiro atoms. The highest BCUT2D eigenvalue weighted by atomic mass is 19.3. The molecule has 76 valence electrons. The van der Waals surface area contributed by atoms with Gasteiger partial charge in [-0.15, -0.1) is 0 Å². The van der Waals surface area contributed by atoms with E-state index in [-0.39, 0.29) is 17.7 Å². The van der Waals surface area contributed by atoms with E-state index in [2.05, 4.69) is 4.98 Å². The van der Waals surface area contributed by atoms with Crippen LogP contribution in [0.5, 0.6) is 0 Å². The summed E-state index contributed by atoms with van der Waals surface area (Å²) in [4.78, 5) is 13.2. The molecule has 0 fully saturated rings. The van der Waals surface area contributed by atoms with E-state index in [1.807, 2.05) is 0 Å². The Morgan fingerprint density at radius 2 is 2.13 bits per heavy atom. The first-order valence-corrected chi connectivity index (χ1v) is 3.91. The molecule has 0 saturated heterocycles. The molecule has 1 N–H and O–H groups in total. The number of hydrogen-bond acceptors (Lipinski definition) is 3. The number of alkyl halides is 2. The van der Waals surface area contributed by atoms with E-state index in [1.165, 1.54) is 6.07 Å². The second-order valence-corrected chi connectivity index (χ2v) is 2.69. The van der Waals surface area contributed by atoms with Crippen LogP contribution in [-0.2, 0) is 6.42 Å². The summed E-state index contributed by atoms with van der Waals surface area (Å²) < 4.78 is 24.9. The standard InChI is InChI=1S/C9H5F2N3O/c10-8(11)6-3-5(4-13)9(15)14-7(6)1-2-12/h3,8H,1H2,(H,14,15). The zero-order chi connectivity index (χ0) is 11.4. The van der Waals surface area contributed by atoms with E-state index in [1.54, 1.807) is 6.07 Å². The molecule has 1 aromatic heterocycles. The van der Waals surface area contributed by atoms with E-state index in [0.717, 1.165) is 6.07 Å². The first kappa shape index (κ1) is 10.9. The van der Waals surface area contributed by atoms with Gasteiger partial charge in [0.05, 0.1) is 12.5 Å². The molecule has 1 heterocycles. The zero-order valence-corrected chi connectivity index (χ0v) is 7.42. The van der Waals surface area contributed by atoms with Gasteiger partial charge in [0, 0.05) is 11.3 Å². The van der Waals surface area contributed by atoms with Crippen LogP contribution in [0.4, 0.5) is 8.78 Å². The van der Waals surface area contributed by atoms with E-state index in [9.17, 15) is 13.6 Å². The Hall–Kier alpha value is -2.21. The van der Waals surface area contributed by atoms with Gasteiger partial charge in [0.2, 0.25) is 0 Å². The fraction of sp³-hybridized carbons (Fsp3) is 0.222. The topological polar surface area (TPSA) is 80.4 Å². The van der Waals surface area contributed by atoms with Gasteiger partial charge in [0.1, 0.15) is 11.6 Å². The van der Waals surface area contributed by atoms with Gasteiger partial charge in [-0.1, -0.05) is 0 Å². The normalized spacial score (nSPS) is 9.67. The van der Waals surface area contributed by atoms with Crippen LogP contribution in [0.25, 0.3) is 0 Å². The molecule has 0 radical (unpaired) electrons. The summed E-state index contributed by atoms with van der Waals surface area (Å²) in [6, 6.07) is 3.97. The average Bonchev–Trinajstić information content (AvgIpc) is 2.18. The smallest absolute Gasteiger partial charge is 0.266 e. The van der Waals surface area contributed by atoms with Crippen molar-refractivity contribution in [2.75, 3.05) is 0 Å². The minimum Gasteiger partial charge on any atom is -0.324 e. The number of halogens is 2. The maximum Gasteiger partial charge on any atom is 0.266 e. The monoisotopic (exact) mass is 209 g/mol. The van der Waals surface area contributed by atoms with E-state index < -0.39 is 17.5 Å². The minimum absolute atomic E-state index is 0.142. The van der Waals surface area contributed by atoms with E-state index >= 15 is 0 Å². The van der Waals surface area contributed by atoms with Crippen molar-refractivity contribution < 1.29 is 8.78 Å². The van der Waals surface area contributed by atoms with Gasteiger partial charge in [0.15, 0.2) is 0 Å². The van der Waals surface area contributed by atoms with E-state index in [0.29, 0.717) is 0 Å². The first-order valence-electron chi connectivity index (χ1n) is 3.91. The highest BCUT2D eigenvalue weighted by Crippen LogP contribution is 2.21.